The first-order valence-corrected chi connectivity index (χ1v) is 9.38. The minimum Gasteiger partial charge on any atom is -1.00 e. The lowest BCUT2D eigenvalue weighted by Crippen LogP contribution is -3.00. The molecule has 33 heavy (non-hydrogen) atoms. The summed E-state index contributed by atoms with van der Waals surface area (Å²) in [4.78, 5) is 35.3. The fourth-order valence-electron chi connectivity index (χ4n) is 2.81. The van der Waals surface area contributed by atoms with Crippen molar-refractivity contribution in [2.45, 2.75) is 0 Å². The van der Waals surface area contributed by atoms with Gasteiger partial charge in [-0.1, -0.05) is 0 Å². The molecule has 0 saturated carbocycles. The average molecular weight is 468 g/mol. The maximum absolute atomic E-state index is 11.1. The Kier molecular flexibility index (Phi) is 6.84. The standard InChI is InChI=1S/C21H17N7O4.ClH/c1-27-10-11-28(12-27)21-25-19(22-15-6-2-13(3-7-15)17(29)30)24-20(26-21)23-16-8-4-14(5-9-16)18(31)32;/h2-12H,1H3,(H3-,22,23,24,25,26,29,30,31,32);1H. The van der Waals surface area contributed by atoms with Crippen molar-refractivity contribution >= 4 is 35.2 Å². The highest BCUT2D eigenvalue weighted by atomic mass is 35.5. The van der Waals surface area contributed by atoms with Crippen LogP contribution in [0, 0.1) is 0 Å². The van der Waals surface area contributed by atoms with E-state index in [0.29, 0.717) is 17.3 Å². The highest BCUT2D eigenvalue weighted by molar-refractivity contribution is 5.88. The largest absolute Gasteiger partial charge is 1.00 e. The molecule has 0 aliphatic heterocycles. The molecule has 4 aromatic rings. The number of carboxylic acid groups (broad SMARTS) is 2. The van der Waals surface area contributed by atoms with Crippen LogP contribution in [0.4, 0.5) is 23.3 Å². The van der Waals surface area contributed by atoms with Crippen LogP contribution in [0.25, 0.3) is 5.95 Å². The van der Waals surface area contributed by atoms with Crippen molar-refractivity contribution in [1.82, 2.24) is 19.5 Å². The molecule has 0 saturated heterocycles. The first kappa shape index (κ1) is 23.2. The monoisotopic (exact) mass is 467 g/mol. The van der Waals surface area contributed by atoms with Crippen molar-refractivity contribution in [3.05, 3.63) is 78.4 Å². The molecule has 4 rings (SSSR count). The normalized spacial score (nSPS) is 10.2. The summed E-state index contributed by atoms with van der Waals surface area (Å²) in [6, 6.07) is 12.3. The van der Waals surface area contributed by atoms with Crippen molar-refractivity contribution in [3.63, 3.8) is 0 Å². The van der Waals surface area contributed by atoms with Gasteiger partial charge < -0.3 is 33.3 Å². The van der Waals surface area contributed by atoms with Gasteiger partial charge in [-0.15, -0.1) is 0 Å². The van der Waals surface area contributed by atoms with E-state index in [1.54, 1.807) is 41.4 Å². The lowest BCUT2D eigenvalue weighted by Gasteiger charge is -2.09. The molecule has 0 amide bonds. The summed E-state index contributed by atoms with van der Waals surface area (Å²) in [5.41, 5.74) is 1.53. The molecule has 0 aliphatic rings. The number of benzene rings is 2. The molecular weight excluding hydrogens is 450 g/mol. The van der Waals surface area contributed by atoms with Crippen molar-refractivity contribution in [1.29, 1.82) is 0 Å². The van der Waals surface area contributed by atoms with Crippen molar-refractivity contribution < 1.29 is 36.8 Å². The van der Waals surface area contributed by atoms with Gasteiger partial charge in [0.25, 0.3) is 6.33 Å². The molecule has 2 aromatic heterocycles. The van der Waals surface area contributed by atoms with Crippen molar-refractivity contribution in [3.8, 4) is 5.95 Å². The number of aryl methyl sites for hydroxylation is 1. The number of carboxylic acids is 2. The van der Waals surface area contributed by atoms with Gasteiger partial charge >= 0.3 is 17.9 Å². The number of nitrogens with zero attached hydrogens (tertiary/aromatic N) is 5. The van der Waals surface area contributed by atoms with Crippen LogP contribution in [0.3, 0.4) is 0 Å². The lowest BCUT2D eigenvalue weighted by atomic mass is 10.2. The van der Waals surface area contributed by atoms with Gasteiger partial charge in [-0.2, -0.15) is 19.5 Å². The second-order valence-corrected chi connectivity index (χ2v) is 6.78. The van der Waals surface area contributed by atoms with E-state index in [1.807, 2.05) is 17.8 Å². The van der Waals surface area contributed by atoms with E-state index in [1.165, 1.54) is 24.3 Å². The minimum atomic E-state index is -1.01. The highest BCUT2D eigenvalue weighted by Gasteiger charge is 2.14. The third kappa shape index (κ3) is 5.60. The number of aromatic carboxylic acids is 2. The molecule has 4 N–H and O–H groups in total. The van der Waals surface area contributed by atoms with E-state index in [4.69, 9.17) is 10.2 Å². The van der Waals surface area contributed by atoms with Gasteiger partial charge in [0.1, 0.15) is 12.4 Å². The molecule has 12 heteroatoms. The molecule has 0 aliphatic carbocycles. The van der Waals surface area contributed by atoms with E-state index in [9.17, 15) is 9.59 Å². The predicted molar refractivity (Wildman–Crippen MR) is 114 cm³/mol. The number of hydrogen-bond acceptors (Lipinski definition) is 7. The van der Waals surface area contributed by atoms with Crippen LogP contribution >= 0.6 is 0 Å². The van der Waals surface area contributed by atoms with Crippen LogP contribution in [0.5, 0.6) is 0 Å². The SMILES string of the molecule is C[n+]1ccn(-c2nc(Nc3ccc(C(=O)O)cc3)nc(Nc3ccc(C(=O)O)cc3)n2)c1.[Cl-]. The number of aromatic nitrogens is 5. The maximum atomic E-state index is 11.1. The number of hydrogen-bond donors (Lipinski definition) is 4. The van der Waals surface area contributed by atoms with Crippen LogP contribution in [0.15, 0.2) is 67.3 Å². The van der Waals surface area contributed by atoms with Crippen LogP contribution < -0.4 is 27.6 Å². The lowest BCUT2D eigenvalue weighted by molar-refractivity contribution is -0.670. The van der Waals surface area contributed by atoms with E-state index in [-0.39, 0.29) is 35.4 Å². The summed E-state index contributed by atoms with van der Waals surface area (Å²) in [5.74, 6) is -1.21. The Hall–Kier alpha value is -4.51. The summed E-state index contributed by atoms with van der Waals surface area (Å²) in [5, 5.41) is 24.2. The summed E-state index contributed by atoms with van der Waals surface area (Å²) in [6.45, 7) is 0. The zero-order valence-electron chi connectivity index (χ0n) is 17.2. The van der Waals surface area contributed by atoms with Crippen molar-refractivity contribution in [2.24, 2.45) is 7.05 Å². The molecule has 2 aromatic carbocycles. The zero-order chi connectivity index (χ0) is 22.7. The van der Waals surface area contributed by atoms with Crippen LogP contribution in [0.1, 0.15) is 20.7 Å². The fourth-order valence-corrected chi connectivity index (χ4v) is 2.81. The highest BCUT2D eigenvalue weighted by Crippen LogP contribution is 2.19. The number of halogens is 1. The van der Waals surface area contributed by atoms with E-state index >= 15 is 0 Å². The van der Waals surface area contributed by atoms with Gasteiger partial charge in [0.15, 0.2) is 0 Å². The number of anilines is 4. The minimum absolute atomic E-state index is 0. The molecule has 0 bridgehead atoms. The summed E-state index contributed by atoms with van der Waals surface area (Å²) in [6.07, 6.45) is 5.40. The second-order valence-electron chi connectivity index (χ2n) is 6.78. The molecule has 0 atom stereocenters. The molecular formula is C21H18ClN7O4. The Morgan fingerprint density at radius 3 is 1.64 bits per heavy atom. The Labute approximate surface area is 193 Å². The number of imidazole rings is 1. The first-order valence-electron chi connectivity index (χ1n) is 9.38. The van der Waals surface area contributed by atoms with Crippen LogP contribution in [0.2, 0.25) is 0 Å². The van der Waals surface area contributed by atoms with Crippen LogP contribution in [-0.4, -0.2) is 41.7 Å². The van der Waals surface area contributed by atoms with E-state index < -0.39 is 11.9 Å². The fraction of sp³-hybridized carbons (Fsp3) is 0.0476. The Morgan fingerprint density at radius 2 is 1.27 bits per heavy atom. The van der Waals surface area contributed by atoms with Crippen molar-refractivity contribution in [2.75, 3.05) is 10.6 Å². The summed E-state index contributed by atoms with van der Waals surface area (Å²) in [7, 11) is 1.87. The predicted octanol–water partition coefficient (Wildman–Crippen LogP) is -0.626. The Morgan fingerprint density at radius 1 is 0.818 bits per heavy atom. The molecule has 0 radical (unpaired) electrons. The number of rotatable bonds is 7. The second kappa shape index (κ2) is 9.75. The maximum Gasteiger partial charge on any atom is 0.335 e. The molecule has 0 spiro atoms. The molecule has 0 unspecified atom stereocenters. The van der Waals surface area contributed by atoms with Gasteiger partial charge in [0.05, 0.1) is 18.2 Å². The Balaban J connectivity index is 0.00000306. The topological polar surface area (TPSA) is 146 Å². The van der Waals surface area contributed by atoms with Gasteiger partial charge in [-0.05, 0) is 48.5 Å². The third-order valence-electron chi connectivity index (χ3n) is 4.40. The number of carbonyl (C=O) groups is 2. The molecule has 168 valence electrons. The molecule has 11 nitrogen and oxygen atoms in total. The first-order chi connectivity index (χ1) is 15.4. The quantitative estimate of drug-likeness (QED) is 0.261. The summed E-state index contributed by atoms with van der Waals surface area (Å²) >= 11 is 0. The molecule has 2 heterocycles. The Bertz CT molecular complexity index is 1210. The van der Waals surface area contributed by atoms with Gasteiger partial charge in [-0.3, -0.25) is 0 Å². The third-order valence-corrected chi connectivity index (χ3v) is 4.40. The smallest absolute Gasteiger partial charge is 0.335 e. The zero-order valence-corrected chi connectivity index (χ0v) is 17.9. The van der Waals surface area contributed by atoms with Crippen LogP contribution in [-0.2, 0) is 7.05 Å². The van der Waals surface area contributed by atoms with Gasteiger partial charge in [0, 0.05) is 11.4 Å². The van der Waals surface area contributed by atoms with E-state index in [2.05, 4.69) is 25.6 Å². The average Bonchev–Trinajstić information content (AvgIpc) is 3.21. The molecule has 0 fully saturated rings. The number of nitrogens with one attached hydrogen (secondary N) is 2. The van der Waals surface area contributed by atoms with E-state index in [0.717, 1.165) is 0 Å². The van der Waals surface area contributed by atoms with Gasteiger partial charge in [-0.25, -0.2) is 14.2 Å². The summed E-state index contributed by atoms with van der Waals surface area (Å²) < 4.78 is 3.54. The van der Waals surface area contributed by atoms with Gasteiger partial charge in [0.2, 0.25) is 11.9 Å².